The smallest absolute Gasteiger partial charge is 0.248 e. The summed E-state index contributed by atoms with van der Waals surface area (Å²) in [5.74, 6) is 1.17. The predicted molar refractivity (Wildman–Crippen MR) is 104 cm³/mol. The topological polar surface area (TPSA) is 90.4 Å². The van der Waals surface area contributed by atoms with Gasteiger partial charge < -0.3 is 20.1 Å². The fraction of sp³-hybridized carbons (Fsp3) is 0.333. The van der Waals surface area contributed by atoms with Gasteiger partial charge in [-0.15, -0.1) is 0 Å². The third-order valence-corrected chi connectivity index (χ3v) is 5.14. The van der Waals surface area contributed by atoms with Crippen LogP contribution >= 0.6 is 0 Å². The molecule has 1 aromatic heterocycles. The van der Waals surface area contributed by atoms with E-state index in [0.29, 0.717) is 17.4 Å². The van der Waals surface area contributed by atoms with Gasteiger partial charge in [0.05, 0.1) is 17.6 Å². The number of fused-ring (bicyclic) bond motifs is 1. The zero-order valence-corrected chi connectivity index (χ0v) is 15.1. The quantitative estimate of drug-likeness (QED) is 0.701. The molecule has 0 unspecified atom stereocenters. The van der Waals surface area contributed by atoms with Crippen LogP contribution in [0.25, 0.3) is 22.4 Å². The molecule has 1 aliphatic carbocycles. The molecule has 3 aromatic rings. The molecular weight excluding hydrogens is 342 g/mol. The number of amides is 1. The number of nitrogens with two attached hydrogens (primary N) is 1. The average Bonchev–Trinajstić information content (AvgIpc) is 3.33. The SMILES string of the molecule is NC(=O)c1ccc2c(c1)nc(-c1ccc(OCCO)cc1)n2C1CCCC1. The first-order chi connectivity index (χ1) is 13.2. The Labute approximate surface area is 157 Å². The van der Waals surface area contributed by atoms with Crippen molar-refractivity contribution >= 4 is 16.9 Å². The predicted octanol–water partition coefficient (Wildman–Crippen LogP) is 3.29. The highest BCUT2D eigenvalue weighted by Crippen LogP contribution is 2.37. The second-order valence-electron chi connectivity index (χ2n) is 6.91. The Morgan fingerprint density at radius 2 is 1.93 bits per heavy atom. The lowest BCUT2D eigenvalue weighted by atomic mass is 10.1. The van der Waals surface area contributed by atoms with E-state index in [4.69, 9.17) is 20.6 Å². The van der Waals surface area contributed by atoms with Gasteiger partial charge in [0.15, 0.2) is 0 Å². The molecule has 1 saturated carbocycles. The number of carbonyl (C=O) groups excluding carboxylic acids is 1. The highest BCUT2D eigenvalue weighted by Gasteiger charge is 2.23. The van der Waals surface area contributed by atoms with Gasteiger partial charge in [-0.05, 0) is 55.3 Å². The number of hydrogen-bond donors (Lipinski definition) is 2. The van der Waals surface area contributed by atoms with E-state index in [1.54, 1.807) is 12.1 Å². The van der Waals surface area contributed by atoms with Crippen molar-refractivity contribution in [2.24, 2.45) is 5.73 Å². The van der Waals surface area contributed by atoms with Crippen molar-refractivity contribution in [1.29, 1.82) is 0 Å². The number of primary amides is 1. The monoisotopic (exact) mass is 365 g/mol. The Kier molecular flexibility index (Phi) is 4.81. The van der Waals surface area contributed by atoms with Gasteiger partial charge in [-0.25, -0.2) is 4.98 Å². The molecule has 0 bridgehead atoms. The Bertz CT molecular complexity index is 957. The van der Waals surface area contributed by atoms with Crippen LogP contribution in [0.3, 0.4) is 0 Å². The molecule has 0 atom stereocenters. The van der Waals surface area contributed by atoms with Crippen LogP contribution in [0.5, 0.6) is 5.75 Å². The Morgan fingerprint density at radius 1 is 1.19 bits per heavy atom. The third-order valence-electron chi connectivity index (χ3n) is 5.14. The molecule has 140 valence electrons. The van der Waals surface area contributed by atoms with Crippen LogP contribution in [-0.2, 0) is 0 Å². The maximum atomic E-state index is 11.5. The molecule has 27 heavy (non-hydrogen) atoms. The minimum atomic E-state index is -0.445. The van der Waals surface area contributed by atoms with Crippen molar-refractivity contribution < 1.29 is 14.6 Å². The Morgan fingerprint density at radius 3 is 2.59 bits per heavy atom. The largest absolute Gasteiger partial charge is 0.491 e. The maximum Gasteiger partial charge on any atom is 0.248 e. The molecule has 0 spiro atoms. The number of ether oxygens (including phenoxy) is 1. The number of hydrogen-bond acceptors (Lipinski definition) is 4. The van der Waals surface area contributed by atoms with Gasteiger partial charge in [0.25, 0.3) is 0 Å². The number of carbonyl (C=O) groups is 1. The number of benzene rings is 2. The number of aliphatic hydroxyl groups excluding tert-OH is 1. The summed E-state index contributed by atoms with van der Waals surface area (Å²) in [6.45, 7) is 0.261. The lowest BCUT2D eigenvalue weighted by Crippen LogP contribution is -2.10. The molecule has 2 aromatic carbocycles. The first kappa shape index (κ1) is 17.5. The molecule has 1 fully saturated rings. The molecular formula is C21H23N3O3. The molecule has 0 saturated heterocycles. The summed E-state index contributed by atoms with van der Waals surface area (Å²) in [6, 6.07) is 13.6. The van der Waals surface area contributed by atoms with E-state index in [1.807, 2.05) is 30.3 Å². The van der Waals surface area contributed by atoms with Crippen molar-refractivity contribution in [1.82, 2.24) is 9.55 Å². The van der Waals surface area contributed by atoms with E-state index >= 15 is 0 Å². The molecule has 0 radical (unpaired) electrons. The van der Waals surface area contributed by atoms with Crippen LogP contribution in [0.2, 0.25) is 0 Å². The minimum Gasteiger partial charge on any atom is -0.491 e. The number of aromatic nitrogens is 2. The summed E-state index contributed by atoms with van der Waals surface area (Å²) < 4.78 is 7.75. The normalized spacial score (nSPS) is 14.7. The molecule has 1 amide bonds. The third kappa shape index (κ3) is 3.40. The van der Waals surface area contributed by atoms with Gasteiger partial charge in [-0.3, -0.25) is 4.79 Å². The lowest BCUT2D eigenvalue weighted by Gasteiger charge is -2.17. The van der Waals surface area contributed by atoms with Crippen LogP contribution < -0.4 is 10.5 Å². The summed E-state index contributed by atoms with van der Waals surface area (Å²) >= 11 is 0. The highest BCUT2D eigenvalue weighted by molar-refractivity contribution is 5.96. The van der Waals surface area contributed by atoms with E-state index in [9.17, 15) is 4.79 Å². The number of nitrogens with zero attached hydrogens (tertiary/aromatic N) is 2. The van der Waals surface area contributed by atoms with Crippen molar-refractivity contribution in [2.75, 3.05) is 13.2 Å². The highest BCUT2D eigenvalue weighted by atomic mass is 16.5. The Hall–Kier alpha value is -2.86. The van der Waals surface area contributed by atoms with Gasteiger partial charge in [0.1, 0.15) is 18.2 Å². The van der Waals surface area contributed by atoms with Crippen molar-refractivity contribution in [3.05, 3.63) is 48.0 Å². The summed E-state index contributed by atoms with van der Waals surface area (Å²) in [5, 5.41) is 8.89. The summed E-state index contributed by atoms with van der Waals surface area (Å²) in [4.78, 5) is 16.4. The van der Waals surface area contributed by atoms with E-state index in [1.165, 1.54) is 12.8 Å². The van der Waals surface area contributed by atoms with Crippen LogP contribution in [-0.4, -0.2) is 33.8 Å². The fourth-order valence-corrected chi connectivity index (χ4v) is 3.85. The van der Waals surface area contributed by atoms with Crippen molar-refractivity contribution in [2.45, 2.75) is 31.7 Å². The fourth-order valence-electron chi connectivity index (χ4n) is 3.85. The molecule has 6 nitrogen and oxygen atoms in total. The van der Waals surface area contributed by atoms with Crippen LogP contribution in [0.1, 0.15) is 42.1 Å². The zero-order valence-electron chi connectivity index (χ0n) is 15.1. The maximum absolute atomic E-state index is 11.5. The lowest BCUT2D eigenvalue weighted by molar-refractivity contribution is 0.100. The van der Waals surface area contributed by atoms with Gasteiger partial charge >= 0.3 is 0 Å². The van der Waals surface area contributed by atoms with E-state index in [0.717, 1.165) is 35.3 Å². The average molecular weight is 365 g/mol. The molecule has 3 N–H and O–H groups in total. The second kappa shape index (κ2) is 7.40. The zero-order chi connectivity index (χ0) is 18.8. The van der Waals surface area contributed by atoms with Crippen molar-refractivity contribution in [3.8, 4) is 17.1 Å². The first-order valence-corrected chi connectivity index (χ1v) is 9.33. The molecule has 4 rings (SSSR count). The second-order valence-corrected chi connectivity index (χ2v) is 6.91. The Balaban J connectivity index is 1.80. The number of rotatable bonds is 6. The molecule has 1 heterocycles. The minimum absolute atomic E-state index is 0.0125. The van der Waals surface area contributed by atoms with E-state index < -0.39 is 5.91 Å². The van der Waals surface area contributed by atoms with Crippen LogP contribution in [0, 0.1) is 0 Å². The molecule has 1 aliphatic rings. The summed E-state index contributed by atoms with van der Waals surface area (Å²) in [5.41, 5.74) is 8.72. The van der Waals surface area contributed by atoms with Crippen LogP contribution in [0.15, 0.2) is 42.5 Å². The number of imidazole rings is 1. The number of aliphatic hydroxyl groups is 1. The van der Waals surface area contributed by atoms with Crippen molar-refractivity contribution in [3.63, 3.8) is 0 Å². The van der Waals surface area contributed by atoms with E-state index in [-0.39, 0.29) is 13.2 Å². The van der Waals surface area contributed by atoms with Crippen LogP contribution in [0.4, 0.5) is 0 Å². The summed E-state index contributed by atoms with van der Waals surface area (Å²) in [7, 11) is 0. The van der Waals surface area contributed by atoms with Gasteiger partial charge in [-0.1, -0.05) is 12.8 Å². The molecule has 0 aliphatic heterocycles. The van der Waals surface area contributed by atoms with E-state index in [2.05, 4.69) is 4.57 Å². The first-order valence-electron chi connectivity index (χ1n) is 9.33. The van der Waals surface area contributed by atoms with Gasteiger partial charge in [0, 0.05) is 17.2 Å². The molecule has 6 heteroatoms. The standard InChI is InChI=1S/C21H23N3O3/c22-20(26)15-7-10-19-18(13-15)23-21(24(19)16-3-1-2-4-16)14-5-8-17(9-6-14)27-12-11-25/h5-10,13,16,25H,1-4,11-12H2,(H2,22,26). The summed E-state index contributed by atoms with van der Waals surface area (Å²) in [6.07, 6.45) is 4.70. The van der Waals surface area contributed by atoms with Gasteiger partial charge in [-0.2, -0.15) is 0 Å². The van der Waals surface area contributed by atoms with Gasteiger partial charge in [0.2, 0.25) is 5.91 Å².